The van der Waals surface area contributed by atoms with Crippen LogP contribution in [0.25, 0.3) is 5.57 Å². The molecule has 0 aliphatic carbocycles. The molecule has 4 N–H and O–H groups in total. The summed E-state index contributed by atoms with van der Waals surface area (Å²) in [5.41, 5.74) is 7.47. The molecule has 0 amide bonds. The van der Waals surface area contributed by atoms with E-state index < -0.39 is 0 Å². The lowest BCUT2D eigenvalue weighted by Crippen LogP contribution is -2.26. The van der Waals surface area contributed by atoms with E-state index in [2.05, 4.69) is 95.3 Å². The van der Waals surface area contributed by atoms with Gasteiger partial charge in [0.05, 0.1) is 6.67 Å². The van der Waals surface area contributed by atoms with Gasteiger partial charge in [0.2, 0.25) is 0 Å². The maximum atomic E-state index is 7.55. The summed E-state index contributed by atoms with van der Waals surface area (Å²) >= 11 is 0. The first-order chi connectivity index (χ1) is 14.6. The number of rotatable bonds is 7. The third kappa shape index (κ3) is 5.41. The first-order valence-electron chi connectivity index (χ1n) is 9.96. The van der Waals surface area contributed by atoms with E-state index in [0.717, 1.165) is 34.6 Å². The number of nitrogens with zero attached hydrogens (tertiary/aromatic N) is 1. The Labute approximate surface area is 179 Å². The van der Waals surface area contributed by atoms with Crippen molar-refractivity contribution in [2.75, 3.05) is 24.3 Å². The lowest BCUT2D eigenvalue weighted by Gasteiger charge is -2.20. The molecule has 3 rings (SSSR count). The molecule has 0 spiro atoms. The smallest absolute Gasteiger partial charge is 0.0870 e. The lowest BCUT2D eigenvalue weighted by molar-refractivity contribution is 0.356. The molecule has 5 nitrogen and oxygen atoms in total. The molecule has 0 bridgehead atoms. The monoisotopic (exact) mass is 399 g/mol. The van der Waals surface area contributed by atoms with E-state index in [0.29, 0.717) is 6.67 Å². The number of hydrogen-bond donors (Lipinski definition) is 4. The molecule has 154 valence electrons. The van der Waals surface area contributed by atoms with Gasteiger partial charge in [0.15, 0.2) is 0 Å². The molecule has 1 heterocycles. The summed E-state index contributed by atoms with van der Waals surface area (Å²) in [6, 6.07) is 14.5. The Morgan fingerprint density at radius 3 is 2.70 bits per heavy atom. The summed E-state index contributed by atoms with van der Waals surface area (Å²) in [6.07, 6.45) is 11.5. The fourth-order valence-electron chi connectivity index (χ4n) is 3.30. The summed E-state index contributed by atoms with van der Waals surface area (Å²) in [5, 5.41) is 17.3. The number of hydrogen-bond acceptors (Lipinski definition) is 5. The van der Waals surface area contributed by atoms with Crippen LogP contribution in [-0.2, 0) is 6.54 Å². The van der Waals surface area contributed by atoms with Crippen molar-refractivity contribution in [2.45, 2.75) is 13.5 Å². The van der Waals surface area contributed by atoms with E-state index >= 15 is 0 Å². The molecule has 0 radical (unpaired) electrons. The van der Waals surface area contributed by atoms with Gasteiger partial charge in [-0.3, -0.25) is 0 Å². The molecule has 2 aromatic carbocycles. The quantitative estimate of drug-likeness (QED) is 0.487. The fourth-order valence-corrected chi connectivity index (χ4v) is 3.30. The molecular weight excluding hydrogens is 370 g/mol. The SMILES string of the molecule is C=CNc1ccc(CN2\C=C/C(C)=C/C(c3ccc(C=N)c(NC)c3)=C\NC2)cc1. The molecule has 0 aromatic heterocycles. The predicted octanol–water partition coefficient (Wildman–Crippen LogP) is 5.15. The molecule has 2 aromatic rings. The van der Waals surface area contributed by atoms with Gasteiger partial charge in [0.25, 0.3) is 0 Å². The van der Waals surface area contributed by atoms with Gasteiger partial charge in [-0.15, -0.1) is 0 Å². The number of benzene rings is 2. The van der Waals surface area contributed by atoms with Crippen molar-refractivity contribution in [2.24, 2.45) is 0 Å². The molecule has 5 heteroatoms. The normalized spacial score (nSPS) is 18.3. The zero-order valence-electron chi connectivity index (χ0n) is 17.6. The van der Waals surface area contributed by atoms with Gasteiger partial charge in [0, 0.05) is 49.1 Å². The molecular formula is C25H29N5. The minimum atomic E-state index is 0.700. The van der Waals surface area contributed by atoms with Gasteiger partial charge in [-0.2, -0.15) is 0 Å². The molecule has 0 saturated carbocycles. The summed E-state index contributed by atoms with van der Waals surface area (Å²) in [5.74, 6) is 0. The van der Waals surface area contributed by atoms with Gasteiger partial charge in [-0.1, -0.05) is 30.8 Å². The summed E-state index contributed by atoms with van der Waals surface area (Å²) in [6.45, 7) is 7.31. The highest BCUT2D eigenvalue weighted by Gasteiger charge is 2.07. The number of nitrogens with one attached hydrogen (secondary N) is 4. The Balaban J connectivity index is 1.76. The van der Waals surface area contributed by atoms with Gasteiger partial charge < -0.3 is 26.3 Å². The van der Waals surface area contributed by atoms with Crippen molar-refractivity contribution in [1.29, 1.82) is 5.41 Å². The topological polar surface area (TPSA) is 63.2 Å². The van der Waals surface area contributed by atoms with Gasteiger partial charge in [-0.25, -0.2) is 0 Å². The van der Waals surface area contributed by atoms with Crippen LogP contribution in [-0.4, -0.2) is 24.8 Å². The van der Waals surface area contributed by atoms with Crippen LogP contribution < -0.4 is 16.0 Å². The van der Waals surface area contributed by atoms with Crippen molar-refractivity contribution < 1.29 is 0 Å². The zero-order valence-corrected chi connectivity index (χ0v) is 17.6. The van der Waals surface area contributed by atoms with Crippen molar-refractivity contribution in [3.8, 4) is 0 Å². The van der Waals surface area contributed by atoms with Crippen LogP contribution in [0.2, 0.25) is 0 Å². The first-order valence-corrected chi connectivity index (χ1v) is 9.96. The Bertz CT molecular complexity index is 983. The third-order valence-electron chi connectivity index (χ3n) is 4.90. The molecule has 30 heavy (non-hydrogen) atoms. The predicted molar refractivity (Wildman–Crippen MR) is 129 cm³/mol. The highest BCUT2D eigenvalue weighted by molar-refractivity contribution is 5.88. The first kappa shape index (κ1) is 21.0. The van der Waals surface area contributed by atoms with Gasteiger partial charge >= 0.3 is 0 Å². The number of anilines is 2. The van der Waals surface area contributed by atoms with Crippen LogP contribution in [0.4, 0.5) is 11.4 Å². The molecule has 0 atom stereocenters. The largest absolute Gasteiger partial charge is 0.388 e. The second-order valence-electron chi connectivity index (χ2n) is 7.15. The van der Waals surface area contributed by atoms with E-state index in [9.17, 15) is 0 Å². The van der Waals surface area contributed by atoms with Crippen LogP contribution in [0.15, 0.2) is 85.4 Å². The van der Waals surface area contributed by atoms with Crippen molar-refractivity contribution >= 4 is 23.2 Å². The zero-order chi connectivity index (χ0) is 21.3. The minimum absolute atomic E-state index is 0.700. The average Bonchev–Trinajstić information content (AvgIpc) is 2.85. The van der Waals surface area contributed by atoms with E-state index in [1.807, 2.05) is 13.1 Å². The van der Waals surface area contributed by atoms with Crippen molar-refractivity contribution in [3.05, 3.63) is 102 Å². The van der Waals surface area contributed by atoms with E-state index in [4.69, 9.17) is 5.41 Å². The highest BCUT2D eigenvalue weighted by Crippen LogP contribution is 2.24. The third-order valence-corrected chi connectivity index (χ3v) is 4.90. The van der Waals surface area contributed by atoms with E-state index in [1.54, 1.807) is 6.20 Å². The second-order valence-corrected chi connectivity index (χ2v) is 7.15. The molecule has 0 fully saturated rings. The van der Waals surface area contributed by atoms with Crippen LogP contribution in [0.1, 0.15) is 23.6 Å². The standard InChI is InChI=1S/C25H29N5/c1-4-29-24-9-5-20(6-10-24)17-30-12-11-19(2)13-23(16-28-18-30)21-7-8-22(15-26)25(14-21)27-3/h4-16,26-29H,1,17-18H2,2-3H3/b12-11-,19-13+,23-16+,26-15?. The number of allylic oxidation sites excluding steroid dienone is 4. The van der Waals surface area contributed by atoms with Crippen LogP contribution in [0, 0.1) is 5.41 Å². The van der Waals surface area contributed by atoms with Crippen molar-refractivity contribution in [1.82, 2.24) is 10.2 Å². The Morgan fingerprint density at radius 2 is 2.00 bits per heavy atom. The van der Waals surface area contributed by atoms with Crippen molar-refractivity contribution in [3.63, 3.8) is 0 Å². The van der Waals surface area contributed by atoms with Crippen LogP contribution >= 0.6 is 0 Å². The lowest BCUT2D eigenvalue weighted by atomic mass is 10.0. The highest BCUT2D eigenvalue weighted by atomic mass is 15.2. The van der Waals surface area contributed by atoms with Crippen LogP contribution in [0.3, 0.4) is 0 Å². The summed E-state index contributed by atoms with van der Waals surface area (Å²) in [7, 11) is 1.88. The second kappa shape index (κ2) is 10.2. The molecule has 1 aliphatic heterocycles. The average molecular weight is 400 g/mol. The van der Waals surface area contributed by atoms with Gasteiger partial charge in [-0.05, 0) is 65.7 Å². The molecule has 0 unspecified atom stereocenters. The van der Waals surface area contributed by atoms with E-state index in [1.165, 1.54) is 17.4 Å². The molecule has 0 saturated heterocycles. The van der Waals surface area contributed by atoms with Gasteiger partial charge in [0.1, 0.15) is 0 Å². The van der Waals surface area contributed by atoms with Crippen LogP contribution in [0.5, 0.6) is 0 Å². The van der Waals surface area contributed by atoms with E-state index in [-0.39, 0.29) is 0 Å². The fraction of sp³-hybridized carbons (Fsp3) is 0.160. The Morgan fingerprint density at radius 1 is 1.20 bits per heavy atom. The minimum Gasteiger partial charge on any atom is -0.388 e. The summed E-state index contributed by atoms with van der Waals surface area (Å²) in [4.78, 5) is 2.24. The maximum absolute atomic E-state index is 7.55. The summed E-state index contributed by atoms with van der Waals surface area (Å²) < 4.78 is 0. The Hall–Kier alpha value is -3.73. The molecule has 1 aliphatic rings. The maximum Gasteiger partial charge on any atom is 0.0870 e. The Kier molecular flexibility index (Phi) is 7.11.